The summed E-state index contributed by atoms with van der Waals surface area (Å²) in [5.74, 6) is 0.508. The van der Waals surface area contributed by atoms with E-state index in [0.29, 0.717) is 12.4 Å². The van der Waals surface area contributed by atoms with Gasteiger partial charge in [0, 0.05) is 5.56 Å². The summed E-state index contributed by atoms with van der Waals surface area (Å²) in [6.45, 7) is 2.32. The molecule has 0 unspecified atom stereocenters. The summed E-state index contributed by atoms with van der Waals surface area (Å²) in [5, 5.41) is 0. The van der Waals surface area contributed by atoms with Crippen molar-refractivity contribution in [3.63, 3.8) is 0 Å². The molecule has 0 aliphatic carbocycles. The van der Waals surface area contributed by atoms with Gasteiger partial charge in [-0.05, 0) is 18.6 Å². The van der Waals surface area contributed by atoms with Gasteiger partial charge >= 0.3 is 0 Å². The van der Waals surface area contributed by atoms with Gasteiger partial charge in [0.15, 0.2) is 0 Å². The van der Waals surface area contributed by atoms with Crippen molar-refractivity contribution in [2.45, 2.75) is 20.0 Å². The molecule has 1 amide bonds. The van der Waals surface area contributed by atoms with E-state index in [2.05, 4.69) is 5.48 Å². The van der Waals surface area contributed by atoms with Crippen molar-refractivity contribution < 1.29 is 14.4 Å². The monoisotopic (exact) mass is 285 g/mol. The van der Waals surface area contributed by atoms with Crippen LogP contribution in [0.2, 0.25) is 0 Å². The molecule has 0 spiro atoms. The molecule has 0 radical (unpaired) electrons. The Morgan fingerprint density at radius 3 is 2.62 bits per heavy atom. The molecule has 4 heteroatoms. The predicted octanol–water partition coefficient (Wildman–Crippen LogP) is 2.79. The van der Waals surface area contributed by atoms with Crippen LogP contribution < -0.4 is 10.2 Å². The quantitative estimate of drug-likeness (QED) is 0.830. The highest BCUT2D eigenvalue weighted by Crippen LogP contribution is 2.20. The molecule has 0 aliphatic heterocycles. The fourth-order valence-electron chi connectivity index (χ4n) is 2.03. The van der Waals surface area contributed by atoms with Crippen LogP contribution in [-0.2, 0) is 22.7 Å². The second-order valence-electron chi connectivity index (χ2n) is 4.79. The van der Waals surface area contributed by atoms with Crippen molar-refractivity contribution in [2.24, 2.45) is 0 Å². The minimum absolute atomic E-state index is 0.199. The number of ether oxygens (including phenoxy) is 1. The second-order valence-corrected chi connectivity index (χ2v) is 4.79. The third kappa shape index (κ3) is 4.61. The molecular weight excluding hydrogens is 266 g/mol. The first kappa shape index (κ1) is 15.1. The zero-order valence-electron chi connectivity index (χ0n) is 12.3. The summed E-state index contributed by atoms with van der Waals surface area (Å²) >= 11 is 0. The van der Waals surface area contributed by atoms with Gasteiger partial charge in [-0.25, -0.2) is 5.48 Å². The number of hydrogen-bond donors (Lipinski definition) is 1. The average molecular weight is 285 g/mol. The molecule has 2 aromatic carbocycles. The fraction of sp³-hybridized carbons (Fsp3) is 0.235. The molecule has 2 rings (SSSR count). The van der Waals surface area contributed by atoms with Crippen molar-refractivity contribution in [3.05, 3.63) is 65.2 Å². The molecule has 0 fully saturated rings. The summed E-state index contributed by atoms with van der Waals surface area (Å²) in [4.78, 5) is 17.1. The van der Waals surface area contributed by atoms with Crippen molar-refractivity contribution in [2.75, 3.05) is 7.11 Å². The number of rotatable bonds is 6. The summed E-state index contributed by atoms with van der Waals surface area (Å²) in [7, 11) is 1.60. The molecule has 0 saturated heterocycles. The van der Waals surface area contributed by atoms with Gasteiger partial charge in [0.1, 0.15) is 5.75 Å². The molecule has 0 saturated carbocycles. The van der Waals surface area contributed by atoms with Gasteiger partial charge in [-0.2, -0.15) is 0 Å². The Labute approximate surface area is 124 Å². The Balaban J connectivity index is 1.86. The first-order valence-corrected chi connectivity index (χ1v) is 6.77. The van der Waals surface area contributed by atoms with Gasteiger partial charge < -0.3 is 4.74 Å². The first-order valence-electron chi connectivity index (χ1n) is 6.77. The zero-order valence-corrected chi connectivity index (χ0v) is 12.3. The van der Waals surface area contributed by atoms with E-state index in [0.717, 1.165) is 16.7 Å². The molecule has 21 heavy (non-hydrogen) atoms. The fourth-order valence-corrected chi connectivity index (χ4v) is 2.03. The lowest BCUT2D eigenvalue weighted by atomic mass is 10.1. The molecule has 1 N–H and O–H groups in total. The van der Waals surface area contributed by atoms with Crippen molar-refractivity contribution in [1.29, 1.82) is 0 Å². The van der Waals surface area contributed by atoms with E-state index in [1.54, 1.807) is 7.11 Å². The number of hydrogen-bond acceptors (Lipinski definition) is 3. The van der Waals surface area contributed by atoms with Gasteiger partial charge in [-0.1, -0.05) is 48.0 Å². The Hall–Kier alpha value is -2.33. The van der Waals surface area contributed by atoms with E-state index in [-0.39, 0.29) is 12.3 Å². The highest BCUT2D eigenvalue weighted by Gasteiger charge is 2.09. The van der Waals surface area contributed by atoms with E-state index < -0.39 is 0 Å². The number of methoxy groups -OCH3 is 1. The number of nitrogens with one attached hydrogen (secondary N) is 1. The topological polar surface area (TPSA) is 47.6 Å². The normalized spacial score (nSPS) is 10.2. The number of carbonyl (C=O) groups is 1. The molecular formula is C17H19NO3. The minimum Gasteiger partial charge on any atom is -0.496 e. The molecule has 2 aromatic rings. The van der Waals surface area contributed by atoms with Crippen LogP contribution in [0.5, 0.6) is 5.75 Å². The number of hydroxylamine groups is 1. The van der Waals surface area contributed by atoms with Gasteiger partial charge in [0.2, 0.25) is 5.91 Å². The van der Waals surface area contributed by atoms with Crippen LogP contribution in [0.1, 0.15) is 16.7 Å². The summed E-state index contributed by atoms with van der Waals surface area (Å²) in [6.07, 6.45) is 0.222. The van der Waals surface area contributed by atoms with Gasteiger partial charge in [0.25, 0.3) is 0 Å². The SMILES string of the molecule is COc1ccc(C)cc1CC(=O)NOCc1ccccc1. The molecule has 110 valence electrons. The third-order valence-electron chi connectivity index (χ3n) is 3.05. The van der Waals surface area contributed by atoms with Gasteiger partial charge in [0.05, 0.1) is 20.1 Å². The predicted molar refractivity (Wildman–Crippen MR) is 80.8 cm³/mol. The number of benzene rings is 2. The lowest BCUT2D eigenvalue weighted by molar-refractivity contribution is -0.133. The van der Waals surface area contributed by atoms with Crippen LogP contribution in [-0.4, -0.2) is 13.0 Å². The second kappa shape index (κ2) is 7.45. The van der Waals surface area contributed by atoms with E-state index in [1.807, 2.05) is 55.5 Å². The maximum absolute atomic E-state index is 11.9. The molecule has 0 heterocycles. The Morgan fingerprint density at radius 1 is 1.14 bits per heavy atom. The van der Waals surface area contributed by atoms with Crippen LogP contribution >= 0.6 is 0 Å². The summed E-state index contributed by atoms with van der Waals surface area (Å²) in [6, 6.07) is 15.4. The van der Waals surface area contributed by atoms with Crippen molar-refractivity contribution >= 4 is 5.91 Å². The maximum atomic E-state index is 11.9. The van der Waals surface area contributed by atoms with E-state index >= 15 is 0 Å². The van der Waals surface area contributed by atoms with Crippen molar-refractivity contribution in [1.82, 2.24) is 5.48 Å². The van der Waals surface area contributed by atoms with Crippen molar-refractivity contribution in [3.8, 4) is 5.75 Å². The molecule has 0 atom stereocenters. The van der Waals surface area contributed by atoms with Crippen LogP contribution in [0.4, 0.5) is 0 Å². The highest BCUT2D eigenvalue weighted by atomic mass is 16.6. The lowest BCUT2D eigenvalue weighted by Crippen LogP contribution is -2.25. The lowest BCUT2D eigenvalue weighted by Gasteiger charge is -2.10. The van der Waals surface area contributed by atoms with Gasteiger partial charge in [-0.15, -0.1) is 0 Å². The largest absolute Gasteiger partial charge is 0.496 e. The minimum atomic E-state index is -0.199. The molecule has 4 nitrogen and oxygen atoms in total. The van der Waals surface area contributed by atoms with Crippen LogP contribution in [0.15, 0.2) is 48.5 Å². The summed E-state index contributed by atoms with van der Waals surface area (Å²) < 4.78 is 5.25. The molecule has 0 aromatic heterocycles. The molecule has 0 aliphatic rings. The van der Waals surface area contributed by atoms with Crippen LogP contribution in [0, 0.1) is 6.92 Å². The first-order chi connectivity index (χ1) is 10.2. The highest BCUT2D eigenvalue weighted by molar-refractivity contribution is 5.78. The Kier molecular flexibility index (Phi) is 5.35. The Bertz CT molecular complexity index is 596. The van der Waals surface area contributed by atoms with Gasteiger partial charge in [-0.3, -0.25) is 9.63 Å². The maximum Gasteiger partial charge on any atom is 0.248 e. The number of aryl methyl sites for hydroxylation is 1. The third-order valence-corrected chi connectivity index (χ3v) is 3.05. The standard InChI is InChI=1S/C17H19NO3/c1-13-8-9-16(20-2)15(10-13)11-17(19)18-21-12-14-6-4-3-5-7-14/h3-10H,11-12H2,1-2H3,(H,18,19). The smallest absolute Gasteiger partial charge is 0.248 e. The average Bonchev–Trinajstić information content (AvgIpc) is 2.48. The number of amides is 1. The molecule has 0 bridgehead atoms. The number of carbonyl (C=O) groups excluding carboxylic acids is 1. The van der Waals surface area contributed by atoms with Crippen LogP contribution in [0.25, 0.3) is 0 Å². The van der Waals surface area contributed by atoms with E-state index in [1.165, 1.54) is 0 Å². The Morgan fingerprint density at radius 2 is 1.90 bits per heavy atom. The van der Waals surface area contributed by atoms with E-state index in [4.69, 9.17) is 9.57 Å². The van der Waals surface area contributed by atoms with E-state index in [9.17, 15) is 4.79 Å². The summed E-state index contributed by atoms with van der Waals surface area (Å²) in [5.41, 5.74) is 5.39. The van der Waals surface area contributed by atoms with Crippen LogP contribution in [0.3, 0.4) is 0 Å². The zero-order chi connectivity index (χ0) is 15.1.